The first-order valence-electron chi connectivity index (χ1n) is 2.12. The molecule has 0 saturated heterocycles. The molecular formula is C4H6Cl4. The molecule has 0 amide bonds. The Morgan fingerprint density at radius 1 is 1.38 bits per heavy atom. The predicted molar refractivity (Wildman–Crippen MR) is 40.2 cm³/mol. The molecule has 0 saturated carbocycles. The highest BCUT2D eigenvalue weighted by molar-refractivity contribution is 6.67. The lowest BCUT2D eigenvalue weighted by Gasteiger charge is -2.10. The first kappa shape index (κ1) is 9.16. The number of rotatable bonds is 1. The lowest BCUT2D eigenvalue weighted by Crippen LogP contribution is -2.07. The summed E-state index contributed by atoms with van der Waals surface area (Å²) >= 11 is 21.6. The maximum absolute atomic E-state index is 5.51. The quantitative estimate of drug-likeness (QED) is 0.563. The molecule has 0 aromatic rings. The molecule has 0 fully saturated rings. The maximum Gasteiger partial charge on any atom is 0.192 e. The molecule has 0 rings (SSSR count). The summed E-state index contributed by atoms with van der Waals surface area (Å²) in [5.41, 5.74) is 0. The van der Waals surface area contributed by atoms with Gasteiger partial charge in [-0.25, -0.2) is 0 Å². The van der Waals surface area contributed by atoms with Crippen LogP contribution in [0.5, 0.6) is 0 Å². The van der Waals surface area contributed by atoms with Gasteiger partial charge in [0, 0.05) is 11.8 Å². The van der Waals surface area contributed by atoms with Crippen molar-refractivity contribution in [3.63, 3.8) is 0 Å². The second-order valence-corrected chi connectivity index (χ2v) is 4.86. The summed E-state index contributed by atoms with van der Waals surface area (Å²) in [5, 5.41) is -0.0810. The van der Waals surface area contributed by atoms with E-state index in [1.165, 1.54) is 0 Å². The number of hydrogen-bond donors (Lipinski definition) is 0. The van der Waals surface area contributed by atoms with Gasteiger partial charge in [-0.3, -0.25) is 0 Å². The third kappa shape index (κ3) is 7.16. The van der Waals surface area contributed by atoms with Crippen molar-refractivity contribution in [2.45, 2.75) is 22.5 Å². The molecule has 0 spiro atoms. The van der Waals surface area contributed by atoms with E-state index >= 15 is 0 Å². The Bertz CT molecular complexity index is 62.9. The van der Waals surface area contributed by atoms with Crippen molar-refractivity contribution in [2.24, 2.45) is 0 Å². The molecule has 0 aliphatic rings. The number of halogens is 4. The first-order chi connectivity index (χ1) is 3.42. The zero-order chi connectivity index (χ0) is 6.78. The molecule has 50 valence electrons. The average Bonchev–Trinajstić information content (AvgIpc) is 1.21. The Hall–Kier alpha value is 1.16. The smallest absolute Gasteiger partial charge is 0.123 e. The second kappa shape index (κ2) is 3.36. The summed E-state index contributed by atoms with van der Waals surface area (Å²) in [6, 6.07) is 0. The molecule has 4 heteroatoms. The van der Waals surface area contributed by atoms with Gasteiger partial charge in [-0.05, 0) is 6.92 Å². The predicted octanol–water partition coefficient (Wildman–Crippen LogP) is 3.37. The Kier molecular flexibility index (Phi) is 3.85. The van der Waals surface area contributed by atoms with Crippen molar-refractivity contribution in [1.29, 1.82) is 0 Å². The molecule has 0 bridgehead atoms. The lowest BCUT2D eigenvalue weighted by molar-refractivity contribution is 0.831. The van der Waals surface area contributed by atoms with E-state index < -0.39 is 3.79 Å². The van der Waals surface area contributed by atoms with Gasteiger partial charge in [0.25, 0.3) is 0 Å². The molecule has 0 aliphatic carbocycles. The summed E-state index contributed by atoms with van der Waals surface area (Å²) in [5.74, 6) is 0. The van der Waals surface area contributed by atoms with Crippen molar-refractivity contribution in [1.82, 2.24) is 0 Å². The zero-order valence-electron chi connectivity index (χ0n) is 4.30. The summed E-state index contributed by atoms with van der Waals surface area (Å²) < 4.78 is -1.19. The topological polar surface area (TPSA) is 0 Å². The van der Waals surface area contributed by atoms with Crippen LogP contribution in [-0.4, -0.2) is 9.17 Å². The lowest BCUT2D eigenvalue weighted by atomic mass is 10.4. The molecule has 8 heavy (non-hydrogen) atoms. The summed E-state index contributed by atoms with van der Waals surface area (Å²) in [6.45, 7) is 1.78. The second-order valence-electron chi connectivity index (χ2n) is 1.60. The van der Waals surface area contributed by atoms with Crippen LogP contribution < -0.4 is 0 Å². The maximum atomic E-state index is 5.51. The molecule has 0 aliphatic heterocycles. The van der Waals surface area contributed by atoms with Gasteiger partial charge in [-0.15, -0.1) is 11.6 Å². The fourth-order valence-corrected chi connectivity index (χ4v) is 1.48. The van der Waals surface area contributed by atoms with Gasteiger partial charge in [0.2, 0.25) is 0 Å². The van der Waals surface area contributed by atoms with Crippen LogP contribution >= 0.6 is 46.4 Å². The van der Waals surface area contributed by atoms with Crippen molar-refractivity contribution in [3.05, 3.63) is 0 Å². The van der Waals surface area contributed by atoms with E-state index in [9.17, 15) is 0 Å². The monoisotopic (exact) mass is 194 g/mol. The third-order valence-electron chi connectivity index (χ3n) is 0.513. The van der Waals surface area contributed by atoms with Crippen LogP contribution in [0.25, 0.3) is 0 Å². The Balaban J connectivity index is 3.39. The largest absolute Gasteiger partial charge is 0.192 e. The van der Waals surface area contributed by atoms with E-state index in [0.29, 0.717) is 6.42 Å². The van der Waals surface area contributed by atoms with Crippen LogP contribution in [0, 0.1) is 0 Å². The first-order valence-corrected chi connectivity index (χ1v) is 3.69. The summed E-state index contributed by atoms with van der Waals surface area (Å²) in [6.07, 6.45) is 0.388. The van der Waals surface area contributed by atoms with E-state index in [4.69, 9.17) is 46.4 Å². The van der Waals surface area contributed by atoms with Gasteiger partial charge in [0.1, 0.15) is 0 Å². The number of hydrogen-bond acceptors (Lipinski definition) is 0. The number of alkyl halides is 4. The highest BCUT2D eigenvalue weighted by Gasteiger charge is 2.21. The molecule has 0 radical (unpaired) electrons. The molecule has 0 heterocycles. The van der Waals surface area contributed by atoms with Gasteiger partial charge in [-0.2, -0.15) is 0 Å². The molecule has 0 aromatic heterocycles. The van der Waals surface area contributed by atoms with Crippen molar-refractivity contribution >= 4 is 46.4 Å². The van der Waals surface area contributed by atoms with Gasteiger partial charge in [-0.1, -0.05) is 34.8 Å². The SMILES string of the molecule is CC(Cl)CC(Cl)(Cl)Cl. The molecule has 0 aromatic carbocycles. The van der Waals surface area contributed by atoms with Crippen molar-refractivity contribution in [3.8, 4) is 0 Å². The van der Waals surface area contributed by atoms with Crippen LogP contribution in [0.4, 0.5) is 0 Å². The fraction of sp³-hybridized carbons (Fsp3) is 1.00. The van der Waals surface area contributed by atoms with E-state index in [-0.39, 0.29) is 5.38 Å². The van der Waals surface area contributed by atoms with Crippen molar-refractivity contribution in [2.75, 3.05) is 0 Å². The van der Waals surface area contributed by atoms with E-state index in [1.807, 2.05) is 0 Å². The standard InChI is InChI=1S/C4H6Cl4/c1-3(5)2-4(6,7)8/h3H,2H2,1H3. The average molecular weight is 196 g/mol. The highest BCUT2D eigenvalue weighted by Crippen LogP contribution is 2.32. The van der Waals surface area contributed by atoms with Gasteiger partial charge in [0.05, 0.1) is 0 Å². The minimum atomic E-state index is -1.19. The van der Waals surface area contributed by atoms with Crippen LogP contribution in [-0.2, 0) is 0 Å². The Morgan fingerprint density at radius 2 is 1.75 bits per heavy atom. The van der Waals surface area contributed by atoms with E-state index in [0.717, 1.165) is 0 Å². The van der Waals surface area contributed by atoms with Crippen LogP contribution in [0.1, 0.15) is 13.3 Å². The molecule has 1 unspecified atom stereocenters. The van der Waals surface area contributed by atoms with E-state index in [1.54, 1.807) is 6.92 Å². The zero-order valence-corrected chi connectivity index (χ0v) is 7.32. The van der Waals surface area contributed by atoms with Crippen LogP contribution in [0.15, 0.2) is 0 Å². The summed E-state index contributed by atoms with van der Waals surface area (Å²) in [7, 11) is 0. The van der Waals surface area contributed by atoms with Gasteiger partial charge in [0.15, 0.2) is 3.79 Å². The normalized spacial score (nSPS) is 16.1. The van der Waals surface area contributed by atoms with Crippen LogP contribution in [0.2, 0.25) is 0 Å². The van der Waals surface area contributed by atoms with Gasteiger partial charge < -0.3 is 0 Å². The fourth-order valence-electron chi connectivity index (χ4n) is 0.319. The molecule has 0 nitrogen and oxygen atoms in total. The molecule has 0 N–H and O–H groups in total. The van der Waals surface area contributed by atoms with Gasteiger partial charge >= 0.3 is 0 Å². The van der Waals surface area contributed by atoms with Crippen molar-refractivity contribution < 1.29 is 0 Å². The van der Waals surface area contributed by atoms with E-state index in [2.05, 4.69) is 0 Å². The Labute approximate surface area is 69.0 Å². The molecular weight excluding hydrogens is 190 g/mol. The van der Waals surface area contributed by atoms with Crippen LogP contribution in [0.3, 0.4) is 0 Å². The molecule has 1 atom stereocenters. The highest BCUT2D eigenvalue weighted by atomic mass is 35.6. The summed E-state index contributed by atoms with van der Waals surface area (Å²) in [4.78, 5) is 0. The third-order valence-corrected chi connectivity index (χ3v) is 1.13. The Morgan fingerprint density at radius 3 is 1.75 bits per heavy atom. The minimum absolute atomic E-state index is 0.0810. The minimum Gasteiger partial charge on any atom is -0.123 e.